The minimum atomic E-state index is -4.67. The van der Waals surface area contributed by atoms with E-state index in [0.717, 1.165) is 24.4 Å². The van der Waals surface area contributed by atoms with Crippen LogP contribution < -0.4 is 0 Å². The summed E-state index contributed by atoms with van der Waals surface area (Å²) in [5.41, 5.74) is -2.45. The molecular weight excluding hydrogens is 312 g/mol. The second-order valence-electron chi connectivity index (χ2n) is 4.39. The van der Waals surface area contributed by atoms with Gasteiger partial charge in [0.05, 0.1) is 5.56 Å². The molecular formula is C14H7F6NO. The van der Waals surface area contributed by atoms with E-state index in [0.29, 0.717) is 12.1 Å². The number of halogens is 6. The summed E-state index contributed by atoms with van der Waals surface area (Å²) in [4.78, 5) is 13.9. The molecule has 0 atom stereocenters. The van der Waals surface area contributed by atoms with Gasteiger partial charge in [-0.3, -0.25) is 9.78 Å². The average Bonchev–Trinajstić information content (AvgIpc) is 2.45. The molecule has 116 valence electrons. The number of aldehydes is 1. The van der Waals surface area contributed by atoms with Crippen LogP contribution >= 0.6 is 0 Å². The van der Waals surface area contributed by atoms with E-state index in [2.05, 4.69) is 4.98 Å². The van der Waals surface area contributed by atoms with Gasteiger partial charge in [-0.15, -0.1) is 0 Å². The second kappa shape index (κ2) is 5.43. The first-order chi connectivity index (χ1) is 10.1. The van der Waals surface area contributed by atoms with Crippen LogP contribution in [0.5, 0.6) is 0 Å². The molecule has 0 aliphatic carbocycles. The molecule has 0 saturated heterocycles. The number of pyridine rings is 1. The van der Waals surface area contributed by atoms with E-state index in [-0.39, 0.29) is 23.0 Å². The van der Waals surface area contributed by atoms with Crippen LogP contribution in [-0.2, 0) is 12.4 Å². The Morgan fingerprint density at radius 3 is 2.00 bits per heavy atom. The third kappa shape index (κ3) is 3.44. The van der Waals surface area contributed by atoms with Crippen LogP contribution in [0.3, 0.4) is 0 Å². The lowest BCUT2D eigenvalue weighted by Crippen LogP contribution is -2.08. The Kier molecular flexibility index (Phi) is 3.95. The highest BCUT2D eigenvalue weighted by atomic mass is 19.4. The highest BCUT2D eigenvalue weighted by molar-refractivity contribution is 5.79. The molecule has 0 bridgehead atoms. The summed E-state index contributed by atoms with van der Waals surface area (Å²) in [6.45, 7) is 0. The predicted molar refractivity (Wildman–Crippen MR) is 65.1 cm³/mol. The predicted octanol–water partition coefficient (Wildman–Crippen LogP) is 4.60. The molecule has 2 nitrogen and oxygen atoms in total. The Hall–Kier alpha value is -2.38. The van der Waals surface area contributed by atoms with Crippen molar-refractivity contribution in [1.29, 1.82) is 0 Å². The summed E-state index contributed by atoms with van der Waals surface area (Å²) in [5.74, 6) is 0. The lowest BCUT2D eigenvalue weighted by Gasteiger charge is -2.11. The van der Waals surface area contributed by atoms with Crippen molar-refractivity contribution >= 4 is 6.29 Å². The van der Waals surface area contributed by atoms with Crippen molar-refractivity contribution in [3.63, 3.8) is 0 Å². The Labute approximate surface area is 120 Å². The molecule has 0 N–H and O–H groups in total. The first kappa shape index (κ1) is 16.0. The van der Waals surface area contributed by atoms with Gasteiger partial charge in [0.1, 0.15) is 12.0 Å². The molecule has 1 heterocycles. The lowest BCUT2D eigenvalue weighted by atomic mass is 10.0. The largest absolute Gasteiger partial charge is 0.433 e. The van der Waals surface area contributed by atoms with Crippen molar-refractivity contribution in [3.8, 4) is 11.1 Å². The fourth-order valence-corrected chi connectivity index (χ4v) is 1.78. The molecule has 0 aliphatic heterocycles. The van der Waals surface area contributed by atoms with E-state index in [1.165, 1.54) is 0 Å². The molecule has 0 amide bonds. The van der Waals surface area contributed by atoms with Crippen LogP contribution in [-0.4, -0.2) is 11.3 Å². The summed E-state index contributed by atoms with van der Waals surface area (Å²) in [6, 6.07) is 4.22. The van der Waals surface area contributed by atoms with Crippen molar-refractivity contribution in [1.82, 2.24) is 4.98 Å². The number of nitrogens with zero attached hydrogens (tertiary/aromatic N) is 1. The lowest BCUT2D eigenvalue weighted by molar-refractivity contribution is -0.141. The zero-order chi connectivity index (χ0) is 16.5. The van der Waals surface area contributed by atoms with Gasteiger partial charge < -0.3 is 0 Å². The fraction of sp³-hybridized carbons (Fsp3) is 0.143. The number of aromatic nitrogens is 1. The van der Waals surface area contributed by atoms with Crippen molar-refractivity contribution in [3.05, 3.63) is 53.3 Å². The standard InChI is InChI=1S/C14H7F6NO/c15-13(16,17)11-4-8(7-22)3-10(5-11)9-1-2-12(21-6-9)14(18,19)20/h1-7H. The maximum atomic E-state index is 12.7. The summed E-state index contributed by atoms with van der Waals surface area (Å²) in [5, 5.41) is 0. The minimum absolute atomic E-state index is 0.0434. The van der Waals surface area contributed by atoms with Crippen molar-refractivity contribution in [2.24, 2.45) is 0 Å². The van der Waals surface area contributed by atoms with Crippen molar-refractivity contribution in [2.75, 3.05) is 0 Å². The van der Waals surface area contributed by atoms with E-state index in [4.69, 9.17) is 0 Å². The fourth-order valence-electron chi connectivity index (χ4n) is 1.78. The molecule has 0 fully saturated rings. The number of carbonyl (C=O) groups excluding carboxylic acids is 1. The summed E-state index contributed by atoms with van der Waals surface area (Å²) in [7, 11) is 0. The van der Waals surface area contributed by atoms with Gasteiger partial charge in [0, 0.05) is 17.3 Å². The summed E-state index contributed by atoms with van der Waals surface area (Å²) >= 11 is 0. The van der Waals surface area contributed by atoms with Crippen LogP contribution in [0.1, 0.15) is 21.6 Å². The van der Waals surface area contributed by atoms with Crippen molar-refractivity contribution in [2.45, 2.75) is 12.4 Å². The highest BCUT2D eigenvalue weighted by Gasteiger charge is 2.33. The van der Waals surface area contributed by atoms with E-state index in [1.807, 2.05) is 0 Å². The molecule has 8 heteroatoms. The Morgan fingerprint density at radius 2 is 1.55 bits per heavy atom. The average molecular weight is 319 g/mol. The maximum absolute atomic E-state index is 12.7. The van der Waals surface area contributed by atoms with Gasteiger partial charge in [-0.1, -0.05) is 6.07 Å². The Balaban J connectivity index is 2.50. The van der Waals surface area contributed by atoms with Crippen molar-refractivity contribution < 1.29 is 31.1 Å². The molecule has 0 saturated carbocycles. The molecule has 0 spiro atoms. The zero-order valence-electron chi connectivity index (χ0n) is 10.7. The van der Waals surface area contributed by atoms with E-state index in [1.54, 1.807) is 0 Å². The molecule has 1 aromatic heterocycles. The van der Waals surface area contributed by atoms with Crippen LogP contribution in [0, 0.1) is 0 Å². The van der Waals surface area contributed by atoms with E-state index >= 15 is 0 Å². The van der Waals surface area contributed by atoms with Crippen LogP contribution in [0.15, 0.2) is 36.5 Å². The van der Waals surface area contributed by atoms with Gasteiger partial charge in [0.2, 0.25) is 0 Å². The summed E-state index contributed by atoms with van der Waals surface area (Å²) in [6.07, 6.45) is -8.27. The molecule has 0 aliphatic rings. The number of alkyl halides is 6. The molecule has 1 aromatic carbocycles. The number of hydrogen-bond donors (Lipinski definition) is 0. The molecule has 0 radical (unpaired) electrons. The summed E-state index contributed by atoms with van der Waals surface area (Å²) < 4.78 is 75.4. The number of rotatable bonds is 2. The quantitative estimate of drug-likeness (QED) is 0.598. The maximum Gasteiger partial charge on any atom is 0.433 e. The minimum Gasteiger partial charge on any atom is -0.298 e. The van der Waals surface area contributed by atoms with Gasteiger partial charge in [0.15, 0.2) is 0 Å². The van der Waals surface area contributed by atoms with Gasteiger partial charge in [0.25, 0.3) is 0 Å². The molecule has 2 rings (SSSR count). The van der Waals surface area contributed by atoms with Crippen LogP contribution in [0.2, 0.25) is 0 Å². The Morgan fingerprint density at radius 1 is 0.864 bits per heavy atom. The zero-order valence-corrected chi connectivity index (χ0v) is 10.7. The van der Waals surface area contributed by atoms with E-state index < -0.39 is 23.6 Å². The number of benzene rings is 1. The third-order valence-corrected chi connectivity index (χ3v) is 2.81. The molecule has 22 heavy (non-hydrogen) atoms. The third-order valence-electron chi connectivity index (χ3n) is 2.81. The smallest absolute Gasteiger partial charge is 0.298 e. The van der Waals surface area contributed by atoms with Crippen LogP contribution in [0.25, 0.3) is 11.1 Å². The van der Waals surface area contributed by atoms with Gasteiger partial charge in [-0.05, 0) is 29.8 Å². The topological polar surface area (TPSA) is 30.0 Å². The number of carbonyl (C=O) groups is 1. The van der Waals surface area contributed by atoms with E-state index in [9.17, 15) is 31.1 Å². The molecule has 2 aromatic rings. The number of hydrogen-bond acceptors (Lipinski definition) is 2. The normalized spacial score (nSPS) is 12.3. The SMILES string of the molecule is O=Cc1cc(-c2ccc(C(F)(F)F)nc2)cc(C(F)(F)F)c1. The van der Waals surface area contributed by atoms with Gasteiger partial charge >= 0.3 is 12.4 Å². The monoisotopic (exact) mass is 319 g/mol. The highest BCUT2D eigenvalue weighted by Crippen LogP contribution is 2.34. The molecule has 0 unspecified atom stereocenters. The first-order valence-electron chi connectivity index (χ1n) is 5.82. The van der Waals surface area contributed by atoms with Gasteiger partial charge in [-0.25, -0.2) is 0 Å². The first-order valence-corrected chi connectivity index (χ1v) is 5.82. The van der Waals surface area contributed by atoms with Gasteiger partial charge in [-0.2, -0.15) is 26.3 Å². The van der Waals surface area contributed by atoms with Crippen LogP contribution in [0.4, 0.5) is 26.3 Å². The second-order valence-corrected chi connectivity index (χ2v) is 4.39. The Bertz CT molecular complexity index is 688.